The van der Waals surface area contributed by atoms with Gasteiger partial charge in [-0.2, -0.15) is 8.42 Å². The monoisotopic (exact) mass is 463 g/mol. The SMILES string of the molecule is C=CCN1C(=O)/C(=C/c2ccc3ccccc3n2)SC1=NS(=O)(=O)c1ccc(CC)cc1. The summed E-state index contributed by atoms with van der Waals surface area (Å²) in [6, 6.07) is 18.0. The molecule has 1 saturated heterocycles. The number of rotatable bonds is 6. The standard InChI is InChI=1S/C24H21N3O3S2/c1-3-15-27-23(28)22(16-19-12-11-18-7-5-6-8-21(18)25-19)31-24(27)26-32(29,30)20-13-9-17(4-2)10-14-20/h3,5-14,16H,1,4,15H2,2H3/b22-16-,26-24?. The summed E-state index contributed by atoms with van der Waals surface area (Å²) in [5.74, 6) is -0.333. The number of hydrogen-bond acceptors (Lipinski definition) is 5. The van der Waals surface area contributed by atoms with Gasteiger partial charge in [-0.3, -0.25) is 9.69 Å². The first kappa shape index (κ1) is 22.0. The molecule has 0 N–H and O–H groups in total. The van der Waals surface area contributed by atoms with E-state index in [2.05, 4.69) is 16.0 Å². The number of benzene rings is 2. The molecule has 0 saturated carbocycles. The fourth-order valence-corrected chi connectivity index (χ4v) is 5.39. The van der Waals surface area contributed by atoms with Crippen molar-refractivity contribution in [3.63, 3.8) is 0 Å². The molecule has 0 spiro atoms. The molecular weight excluding hydrogens is 442 g/mol. The van der Waals surface area contributed by atoms with Gasteiger partial charge in [0, 0.05) is 11.9 Å². The normalized spacial score (nSPS) is 16.9. The van der Waals surface area contributed by atoms with Crippen LogP contribution in [0.4, 0.5) is 0 Å². The van der Waals surface area contributed by atoms with Crippen LogP contribution in [0.15, 0.2) is 87.5 Å². The van der Waals surface area contributed by atoms with E-state index in [0.29, 0.717) is 10.6 Å². The summed E-state index contributed by atoms with van der Waals surface area (Å²) < 4.78 is 29.7. The Labute approximate surface area is 191 Å². The molecule has 4 rings (SSSR count). The zero-order valence-corrected chi connectivity index (χ0v) is 19.1. The van der Waals surface area contributed by atoms with Gasteiger partial charge in [0.25, 0.3) is 15.9 Å². The predicted molar refractivity (Wildman–Crippen MR) is 130 cm³/mol. The molecule has 1 aliphatic heterocycles. The molecule has 1 aliphatic rings. The number of sulfonamides is 1. The number of amides is 1. The van der Waals surface area contributed by atoms with E-state index >= 15 is 0 Å². The molecule has 162 valence electrons. The van der Waals surface area contributed by atoms with Gasteiger partial charge in [-0.1, -0.05) is 49.4 Å². The van der Waals surface area contributed by atoms with Gasteiger partial charge < -0.3 is 0 Å². The molecule has 0 unspecified atom stereocenters. The van der Waals surface area contributed by atoms with Crippen LogP contribution in [-0.2, 0) is 21.2 Å². The van der Waals surface area contributed by atoms with Crippen LogP contribution in [0.1, 0.15) is 18.2 Å². The summed E-state index contributed by atoms with van der Waals surface area (Å²) in [5.41, 5.74) is 2.45. The van der Waals surface area contributed by atoms with Crippen molar-refractivity contribution in [3.05, 3.63) is 89.5 Å². The molecule has 2 heterocycles. The highest BCUT2D eigenvalue weighted by molar-refractivity contribution is 8.19. The zero-order valence-electron chi connectivity index (χ0n) is 17.4. The fourth-order valence-electron chi connectivity index (χ4n) is 3.22. The average Bonchev–Trinajstić information content (AvgIpc) is 3.07. The Bertz CT molecular complexity index is 1360. The molecule has 1 amide bonds. The number of aromatic nitrogens is 1. The number of amidine groups is 1. The van der Waals surface area contributed by atoms with E-state index in [9.17, 15) is 13.2 Å². The third-order valence-corrected chi connectivity index (χ3v) is 7.33. The molecule has 6 nitrogen and oxygen atoms in total. The molecule has 3 aromatic rings. The molecule has 0 bridgehead atoms. The van der Waals surface area contributed by atoms with Gasteiger partial charge in [-0.05, 0) is 54.1 Å². The highest BCUT2D eigenvalue weighted by Gasteiger charge is 2.34. The van der Waals surface area contributed by atoms with Crippen LogP contribution in [-0.4, -0.2) is 35.9 Å². The smallest absolute Gasteiger partial charge is 0.282 e. The molecular formula is C24H21N3O3S2. The van der Waals surface area contributed by atoms with Crippen LogP contribution in [0.25, 0.3) is 17.0 Å². The summed E-state index contributed by atoms with van der Waals surface area (Å²) in [6.45, 7) is 5.82. The summed E-state index contributed by atoms with van der Waals surface area (Å²) in [4.78, 5) is 19.3. The lowest BCUT2D eigenvalue weighted by Gasteiger charge is -2.12. The maximum Gasteiger partial charge on any atom is 0.284 e. The number of carbonyl (C=O) groups excluding carboxylic acids is 1. The summed E-state index contributed by atoms with van der Waals surface area (Å²) >= 11 is 1.02. The second-order valence-electron chi connectivity index (χ2n) is 7.09. The van der Waals surface area contributed by atoms with Crippen molar-refractivity contribution in [3.8, 4) is 0 Å². The summed E-state index contributed by atoms with van der Waals surface area (Å²) in [6.07, 6.45) is 4.00. The molecule has 0 atom stereocenters. The minimum Gasteiger partial charge on any atom is -0.282 e. The van der Waals surface area contributed by atoms with Crippen LogP contribution >= 0.6 is 11.8 Å². The number of nitrogens with zero attached hydrogens (tertiary/aromatic N) is 3. The Morgan fingerprint density at radius 3 is 2.56 bits per heavy atom. The lowest BCUT2D eigenvalue weighted by molar-refractivity contribution is -0.121. The number of aryl methyl sites for hydroxylation is 1. The topological polar surface area (TPSA) is 79.7 Å². The number of hydrogen-bond donors (Lipinski definition) is 0. The zero-order chi connectivity index (χ0) is 22.7. The fraction of sp³-hybridized carbons (Fsp3) is 0.125. The van der Waals surface area contributed by atoms with Gasteiger partial charge in [0.1, 0.15) is 0 Å². The Kier molecular flexibility index (Phi) is 6.25. The lowest BCUT2D eigenvalue weighted by atomic mass is 10.2. The predicted octanol–water partition coefficient (Wildman–Crippen LogP) is 4.64. The van der Waals surface area contributed by atoms with E-state index in [1.807, 2.05) is 43.3 Å². The van der Waals surface area contributed by atoms with E-state index in [0.717, 1.165) is 34.6 Å². The lowest BCUT2D eigenvalue weighted by Crippen LogP contribution is -2.29. The molecule has 32 heavy (non-hydrogen) atoms. The minimum atomic E-state index is -3.97. The summed E-state index contributed by atoms with van der Waals surface area (Å²) in [5, 5.41) is 1.09. The number of para-hydroxylation sites is 1. The number of thioether (sulfide) groups is 1. The van der Waals surface area contributed by atoms with Crippen molar-refractivity contribution < 1.29 is 13.2 Å². The van der Waals surface area contributed by atoms with E-state index in [4.69, 9.17) is 0 Å². The van der Waals surface area contributed by atoms with Crippen LogP contribution in [0.2, 0.25) is 0 Å². The number of pyridine rings is 1. The maximum atomic E-state index is 13.0. The summed E-state index contributed by atoms with van der Waals surface area (Å²) in [7, 11) is -3.97. The Morgan fingerprint density at radius 2 is 1.84 bits per heavy atom. The largest absolute Gasteiger partial charge is 0.284 e. The second-order valence-corrected chi connectivity index (χ2v) is 9.70. The first-order valence-electron chi connectivity index (χ1n) is 10.0. The Hall–Kier alpha value is -3.23. The van der Waals surface area contributed by atoms with Gasteiger partial charge in [0.2, 0.25) is 0 Å². The molecule has 0 aliphatic carbocycles. The first-order chi connectivity index (χ1) is 15.4. The van der Waals surface area contributed by atoms with E-state index in [1.54, 1.807) is 18.2 Å². The van der Waals surface area contributed by atoms with Gasteiger partial charge in [0.15, 0.2) is 5.17 Å². The molecule has 1 fully saturated rings. The van der Waals surface area contributed by atoms with Crippen LogP contribution in [0.5, 0.6) is 0 Å². The average molecular weight is 464 g/mol. The van der Waals surface area contributed by atoms with Crippen molar-refractivity contribution in [2.75, 3.05) is 6.54 Å². The van der Waals surface area contributed by atoms with Crippen molar-refractivity contribution in [2.24, 2.45) is 4.40 Å². The van der Waals surface area contributed by atoms with Gasteiger partial charge in [0.05, 0.1) is 21.0 Å². The van der Waals surface area contributed by atoms with Gasteiger partial charge in [-0.15, -0.1) is 11.0 Å². The molecule has 8 heteroatoms. The molecule has 2 aromatic carbocycles. The van der Waals surface area contributed by atoms with Crippen molar-refractivity contribution in [1.29, 1.82) is 0 Å². The second kappa shape index (κ2) is 9.10. The van der Waals surface area contributed by atoms with E-state index in [-0.39, 0.29) is 22.5 Å². The van der Waals surface area contributed by atoms with E-state index in [1.165, 1.54) is 23.1 Å². The minimum absolute atomic E-state index is 0.0856. The van der Waals surface area contributed by atoms with Crippen molar-refractivity contribution >= 4 is 49.8 Å². The quantitative estimate of drug-likeness (QED) is 0.393. The van der Waals surface area contributed by atoms with Gasteiger partial charge in [-0.25, -0.2) is 4.98 Å². The Balaban J connectivity index is 1.69. The maximum absolute atomic E-state index is 13.0. The third kappa shape index (κ3) is 4.51. The molecule has 0 radical (unpaired) electrons. The van der Waals surface area contributed by atoms with Gasteiger partial charge >= 0.3 is 0 Å². The highest BCUT2D eigenvalue weighted by atomic mass is 32.2. The molecule has 1 aromatic heterocycles. The van der Waals surface area contributed by atoms with E-state index < -0.39 is 10.0 Å². The van der Waals surface area contributed by atoms with Crippen molar-refractivity contribution in [2.45, 2.75) is 18.2 Å². The van der Waals surface area contributed by atoms with Crippen LogP contribution in [0, 0.1) is 0 Å². The first-order valence-corrected chi connectivity index (χ1v) is 12.3. The van der Waals surface area contributed by atoms with Crippen LogP contribution in [0.3, 0.4) is 0 Å². The number of fused-ring (bicyclic) bond motifs is 1. The highest BCUT2D eigenvalue weighted by Crippen LogP contribution is 2.33. The third-order valence-electron chi connectivity index (χ3n) is 4.93. The number of carbonyl (C=O) groups is 1. The van der Waals surface area contributed by atoms with Crippen molar-refractivity contribution in [1.82, 2.24) is 9.88 Å². The van der Waals surface area contributed by atoms with Crippen LogP contribution < -0.4 is 0 Å². The Morgan fingerprint density at radius 1 is 1.09 bits per heavy atom.